The van der Waals surface area contributed by atoms with Crippen LogP contribution in [-0.2, 0) is 15.0 Å². The molecule has 2 N–H and O–H groups in total. The van der Waals surface area contributed by atoms with Gasteiger partial charge in [-0.3, -0.25) is 9.59 Å². The van der Waals surface area contributed by atoms with E-state index in [0.717, 1.165) is 0 Å². The van der Waals surface area contributed by atoms with E-state index < -0.39 is 23.3 Å². The first-order valence-corrected chi connectivity index (χ1v) is 5.50. The smallest absolute Gasteiger partial charge is 0.325 e. The predicted molar refractivity (Wildman–Crippen MR) is 62.8 cm³/mol. The molecule has 4 nitrogen and oxygen atoms in total. The van der Waals surface area contributed by atoms with Crippen LogP contribution in [0, 0.1) is 5.92 Å². The second-order valence-corrected chi connectivity index (χ2v) is 4.09. The van der Waals surface area contributed by atoms with Gasteiger partial charge in [-0.1, -0.05) is 50.6 Å². The van der Waals surface area contributed by atoms with Crippen molar-refractivity contribution in [2.75, 3.05) is 0 Å². The summed E-state index contributed by atoms with van der Waals surface area (Å²) < 4.78 is 0. The number of rotatable bonds is 5. The molecule has 1 aromatic rings. The molecule has 17 heavy (non-hydrogen) atoms. The molecule has 0 aliphatic carbocycles. The van der Waals surface area contributed by atoms with E-state index in [1.807, 2.05) is 0 Å². The lowest BCUT2D eigenvalue weighted by Crippen LogP contribution is -2.48. The first-order valence-electron chi connectivity index (χ1n) is 5.50. The van der Waals surface area contributed by atoms with Gasteiger partial charge in [0.25, 0.3) is 0 Å². The molecule has 92 valence electrons. The summed E-state index contributed by atoms with van der Waals surface area (Å²) >= 11 is 0. The summed E-state index contributed by atoms with van der Waals surface area (Å²) in [6.45, 7) is 3.43. The highest BCUT2D eigenvalue weighted by molar-refractivity contribution is 6.05. The molecule has 1 unspecified atom stereocenters. The van der Waals surface area contributed by atoms with Crippen molar-refractivity contribution in [1.82, 2.24) is 0 Å². The Balaban J connectivity index is 3.47. The standard InChI is InChI=1S/C13H16O4/c1-3-9(2)13(11(14)15,12(16)17)10-7-5-4-6-8-10/h4-9H,3H2,1-2H3,(H,14,15)(H,16,17). The monoisotopic (exact) mass is 236 g/mol. The molecule has 0 bridgehead atoms. The lowest BCUT2D eigenvalue weighted by molar-refractivity contribution is -0.160. The third-order valence-corrected chi connectivity index (χ3v) is 3.26. The molecular weight excluding hydrogens is 220 g/mol. The van der Waals surface area contributed by atoms with Crippen molar-refractivity contribution in [3.63, 3.8) is 0 Å². The van der Waals surface area contributed by atoms with Crippen molar-refractivity contribution in [3.05, 3.63) is 35.9 Å². The molecule has 1 aromatic carbocycles. The molecule has 0 saturated carbocycles. The summed E-state index contributed by atoms with van der Waals surface area (Å²) in [5.74, 6) is -3.11. The molecule has 0 aliphatic rings. The number of aliphatic carboxylic acids is 2. The highest BCUT2D eigenvalue weighted by Gasteiger charge is 2.51. The van der Waals surface area contributed by atoms with Crippen LogP contribution in [0.15, 0.2) is 30.3 Å². The highest BCUT2D eigenvalue weighted by Crippen LogP contribution is 2.35. The van der Waals surface area contributed by atoms with Crippen LogP contribution in [0.3, 0.4) is 0 Å². The summed E-state index contributed by atoms with van der Waals surface area (Å²) in [5.41, 5.74) is -1.55. The zero-order valence-corrected chi connectivity index (χ0v) is 9.88. The van der Waals surface area contributed by atoms with Crippen LogP contribution in [0.2, 0.25) is 0 Å². The van der Waals surface area contributed by atoms with Crippen molar-refractivity contribution >= 4 is 11.9 Å². The minimum atomic E-state index is -1.87. The van der Waals surface area contributed by atoms with Crippen molar-refractivity contribution in [2.45, 2.75) is 25.7 Å². The maximum absolute atomic E-state index is 11.5. The van der Waals surface area contributed by atoms with Crippen molar-refractivity contribution < 1.29 is 19.8 Å². The Morgan fingerprint density at radius 1 is 1.18 bits per heavy atom. The Morgan fingerprint density at radius 2 is 1.65 bits per heavy atom. The Kier molecular flexibility index (Phi) is 3.89. The number of benzene rings is 1. The predicted octanol–water partition coefficient (Wildman–Crippen LogP) is 2.14. The number of hydrogen-bond donors (Lipinski definition) is 2. The van der Waals surface area contributed by atoms with Gasteiger partial charge in [0.1, 0.15) is 0 Å². The van der Waals surface area contributed by atoms with E-state index in [0.29, 0.717) is 12.0 Å². The third kappa shape index (κ3) is 2.02. The van der Waals surface area contributed by atoms with Crippen LogP contribution in [0.4, 0.5) is 0 Å². The van der Waals surface area contributed by atoms with Crippen LogP contribution in [0.1, 0.15) is 25.8 Å². The Labute approximate surface area is 99.9 Å². The molecule has 0 aromatic heterocycles. The average molecular weight is 236 g/mol. The quantitative estimate of drug-likeness (QED) is 0.768. The van der Waals surface area contributed by atoms with Gasteiger partial charge in [0.2, 0.25) is 0 Å². The summed E-state index contributed by atoms with van der Waals surface area (Å²) in [6, 6.07) is 8.13. The van der Waals surface area contributed by atoms with E-state index >= 15 is 0 Å². The van der Waals surface area contributed by atoms with Gasteiger partial charge >= 0.3 is 11.9 Å². The molecule has 1 rings (SSSR count). The van der Waals surface area contributed by atoms with Crippen LogP contribution in [0.25, 0.3) is 0 Å². The maximum atomic E-state index is 11.5. The first-order chi connectivity index (χ1) is 7.97. The molecule has 1 atom stereocenters. The molecule has 0 fully saturated rings. The SMILES string of the molecule is CCC(C)C(C(=O)O)(C(=O)O)c1ccccc1. The zero-order chi connectivity index (χ0) is 13.1. The molecule has 4 heteroatoms. The van der Waals surface area contributed by atoms with E-state index in [1.54, 1.807) is 44.2 Å². The second kappa shape index (κ2) is 4.99. The molecule has 0 saturated heterocycles. The summed E-state index contributed by atoms with van der Waals surface area (Å²) in [5, 5.41) is 18.7. The minimum Gasteiger partial charge on any atom is -0.480 e. The highest BCUT2D eigenvalue weighted by atomic mass is 16.4. The van der Waals surface area contributed by atoms with Gasteiger partial charge < -0.3 is 10.2 Å². The van der Waals surface area contributed by atoms with E-state index in [9.17, 15) is 19.8 Å². The fourth-order valence-electron chi connectivity index (χ4n) is 2.05. The van der Waals surface area contributed by atoms with Gasteiger partial charge in [-0.2, -0.15) is 0 Å². The summed E-state index contributed by atoms with van der Waals surface area (Å²) in [4.78, 5) is 23.0. The largest absolute Gasteiger partial charge is 0.480 e. The van der Waals surface area contributed by atoms with Gasteiger partial charge in [0.05, 0.1) is 0 Å². The fraction of sp³-hybridized carbons (Fsp3) is 0.385. The van der Waals surface area contributed by atoms with Crippen molar-refractivity contribution in [3.8, 4) is 0 Å². The molecule has 0 aliphatic heterocycles. The Bertz CT molecular complexity index is 397. The molecule has 0 heterocycles. The lowest BCUT2D eigenvalue weighted by atomic mass is 9.70. The van der Waals surface area contributed by atoms with Crippen LogP contribution in [0.5, 0.6) is 0 Å². The number of hydrogen-bond acceptors (Lipinski definition) is 2. The van der Waals surface area contributed by atoms with Crippen LogP contribution in [-0.4, -0.2) is 22.2 Å². The molecule has 0 spiro atoms. The molecule has 0 amide bonds. The normalized spacial score (nSPS) is 13.1. The topological polar surface area (TPSA) is 74.6 Å². The van der Waals surface area contributed by atoms with E-state index in [-0.39, 0.29) is 0 Å². The molecule has 0 radical (unpaired) electrons. The zero-order valence-electron chi connectivity index (χ0n) is 9.88. The van der Waals surface area contributed by atoms with Gasteiger partial charge in [0, 0.05) is 0 Å². The first kappa shape index (κ1) is 13.2. The van der Waals surface area contributed by atoms with Gasteiger partial charge in [-0.25, -0.2) is 0 Å². The van der Waals surface area contributed by atoms with Crippen LogP contribution < -0.4 is 0 Å². The van der Waals surface area contributed by atoms with E-state index in [1.165, 1.54) is 0 Å². The Hall–Kier alpha value is -1.84. The lowest BCUT2D eigenvalue weighted by Gasteiger charge is -2.30. The third-order valence-electron chi connectivity index (χ3n) is 3.26. The average Bonchev–Trinajstić information content (AvgIpc) is 2.30. The minimum absolute atomic E-state index is 0.314. The number of carboxylic acid groups (broad SMARTS) is 2. The number of carbonyl (C=O) groups is 2. The van der Waals surface area contributed by atoms with E-state index in [2.05, 4.69) is 0 Å². The van der Waals surface area contributed by atoms with E-state index in [4.69, 9.17) is 0 Å². The Morgan fingerprint density at radius 3 is 2.00 bits per heavy atom. The summed E-state index contributed by atoms with van der Waals surface area (Å²) in [6.07, 6.45) is 0.480. The van der Waals surface area contributed by atoms with Gasteiger partial charge in [-0.05, 0) is 11.5 Å². The van der Waals surface area contributed by atoms with Crippen molar-refractivity contribution in [2.24, 2.45) is 5.92 Å². The van der Waals surface area contributed by atoms with Crippen LogP contribution >= 0.6 is 0 Å². The molecular formula is C13H16O4. The maximum Gasteiger partial charge on any atom is 0.325 e. The second-order valence-electron chi connectivity index (χ2n) is 4.09. The summed E-state index contributed by atoms with van der Waals surface area (Å²) in [7, 11) is 0. The van der Waals surface area contributed by atoms with Gasteiger partial charge in [-0.15, -0.1) is 0 Å². The fourth-order valence-corrected chi connectivity index (χ4v) is 2.05. The number of carboxylic acids is 2. The van der Waals surface area contributed by atoms with Crippen molar-refractivity contribution in [1.29, 1.82) is 0 Å². The van der Waals surface area contributed by atoms with Gasteiger partial charge in [0.15, 0.2) is 5.41 Å².